The minimum Gasteiger partial charge on any atom is -0.399 e. The van der Waals surface area contributed by atoms with Gasteiger partial charge in [0.25, 0.3) is 0 Å². The van der Waals surface area contributed by atoms with E-state index < -0.39 is 10.0 Å². The van der Waals surface area contributed by atoms with E-state index in [9.17, 15) is 8.42 Å². The minimum atomic E-state index is -3.40. The molecule has 112 valence electrons. The van der Waals surface area contributed by atoms with Crippen LogP contribution in [-0.2, 0) is 15.8 Å². The van der Waals surface area contributed by atoms with Gasteiger partial charge in [0.1, 0.15) is 0 Å². The third-order valence-corrected chi connectivity index (χ3v) is 4.95. The summed E-state index contributed by atoms with van der Waals surface area (Å²) in [7, 11) is -3.40. The smallest absolute Gasteiger partial charge is 0.228 e. The van der Waals surface area contributed by atoms with E-state index in [1.165, 1.54) is 0 Å². The van der Waals surface area contributed by atoms with Crippen molar-refractivity contribution in [3.8, 4) is 0 Å². The summed E-state index contributed by atoms with van der Waals surface area (Å²) in [4.78, 5) is 2.73. The number of sulfonamides is 1. The van der Waals surface area contributed by atoms with Crippen molar-refractivity contribution < 1.29 is 8.42 Å². The summed E-state index contributed by atoms with van der Waals surface area (Å²) in [5.41, 5.74) is 6.96. The molecule has 1 aromatic carbocycles. The highest BCUT2D eigenvalue weighted by atomic mass is 32.2. The maximum absolute atomic E-state index is 12.3. The molecule has 6 heteroatoms. The van der Waals surface area contributed by atoms with Gasteiger partial charge >= 0.3 is 0 Å². The maximum Gasteiger partial charge on any atom is 0.228 e. The summed E-state index contributed by atoms with van der Waals surface area (Å²) >= 11 is 0. The number of benzene rings is 1. The number of nitrogens with two attached hydrogens (primary N) is 1. The van der Waals surface area contributed by atoms with Gasteiger partial charge in [-0.1, -0.05) is 18.6 Å². The monoisotopic (exact) mass is 297 g/mol. The Morgan fingerprint density at radius 2 is 1.95 bits per heavy atom. The van der Waals surface area contributed by atoms with Gasteiger partial charge in [-0.2, -0.15) is 0 Å². The summed E-state index contributed by atoms with van der Waals surface area (Å²) < 4.78 is 24.6. The summed E-state index contributed by atoms with van der Waals surface area (Å²) in [5, 5.41) is 1.87. The van der Waals surface area contributed by atoms with Crippen molar-refractivity contribution in [2.45, 2.75) is 50.9 Å². The number of anilines is 1. The molecule has 1 fully saturated rings. The SMILES string of the molecule is CC1CCCC(C)N1NS(=O)(=O)Cc1cccc(N)c1. The first kappa shape index (κ1) is 15.3. The predicted molar refractivity (Wildman–Crippen MR) is 81.2 cm³/mol. The standard InChI is InChI=1S/C14H23N3O2S/c1-11-5-3-6-12(2)17(11)16-20(18,19)10-13-7-4-8-14(15)9-13/h4,7-9,11-12,16H,3,5-6,10,15H2,1-2H3. The molecular weight excluding hydrogens is 274 g/mol. The van der Waals surface area contributed by atoms with Crippen LogP contribution < -0.4 is 10.6 Å². The third-order valence-electron chi connectivity index (χ3n) is 3.75. The van der Waals surface area contributed by atoms with Gasteiger partial charge in [-0.3, -0.25) is 0 Å². The summed E-state index contributed by atoms with van der Waals surface area (Å²) in [6.45, 7) is 4.11. The second-order valence-electron chi connectivity index (χ2n) is 5.63. The Bertz CT molecular complexity index is 549. The lowest BCUT2D eigenvalue weighted by atomic mass is 10.0. The maximum atomic E-state index is 12.3. The lowest BCUT2D eigenvalue weighted by Crippen LogP contribution is -2.54. The molecule has 1 aliphatic heterocycles. The van der Waals surface area contributed by atoms with Gasteiger partial charge in [0.05, 0.1) is 5.75 Å². The number of hydrogen-bond acceptors (Lipinski definition) is 4. The van der Waals surface area contributed by atoms with E-state index in [1.54, 1.807) is 24.3 Å². The van der Waals surface area contributed by atoms with Crippen LogP contribution in [0.1, 0.15) is 38.7 Å². The number of nitrogens with zero attached hydrogens (tertiary/aromatic N) is 1. The molecule has 0 bridgehead atoms. The molecular formula is C14H23N3O2S. The molecule has 1 aromatic rings. The molecule has 3 N–H and O–H groups in total. The van der Waals surface area contributed by atoms with Gasteiger partial charge in [-0.15, -0.1) is 4.83 Å². The van der Waals surface area contributed by atoms with E-state index in [2.05, 4.69) is 18.7 Å². The summed E-state index contributed by atoms with van der Waals surface area (Å²) in [5.74, 6) is -0.0476. The number of nitrogens with one attached hydrogen (secondary N) is 1. The van der Waals surface area contributed by atoms with Gasteiger partial charge < -0.3 is 5.73 Å². The topological polar surface area (TPSA) is 75.4 Å². The van der Waals surface area contributed by atoms with Gasteiger partial charge in [-0.05, 0) is 44.4 Å². The van der Waals surface area contributed by atoms with Crippen molar-refractivity contribution in [2.24, 2.45) is 0 Å². The molecule has 0 saturated carbocycles. The van der Waals surface area contributed by atoms with Crippen LogP contribution in [-0.4, -0.2) is 25.5 Å². The van der Waals surface area contributed by atoms with Crippen LogP contribution in [0.15, 0.2) is 24.3 Å². The average Bonchev–Trinajstić information content (AvgIpc) is 2.33. The van der Waals surface area contributed by atoms with Crippen molar-refractivity contribution in [3.05, 3.63) is 29.8 Å². The van der Waals surface area contributed by atoms with Gasteiger partial charge in [0.2, 0.25) is 10.0 Å². The Labute approximate surface area is 121 Å². The summed E-state index contributed by atoms with van der Waals surface area (Å²) in [6, 6.07) is 7.45. The van der Waals surface area contributed by atoms with Crippen LogP contribution >= 0.6 is 0 Å². The highest BCUT2D eigenvalue weighted by Gasteiger charge is 2.28. The number of hydrazine groups is 1. The number of hydrogen-bond donors (Lipinski definition) is 2. The number of piperidine rings is 1. The molecule has 5 nitrogen and oxygen atoms in total. The van der Waals surface area contributed by atoms with E-state index in [4.69, 9.17) is 5.73 Å². The van der Waals surface area contributed by atoms with Crippen LogP contribution in [0.3, 0.4) is 0 Å². The van der Waals surface area contributed by atoms with Crippen molar-refractivity contribution in [1.29, 1.82) is 0 Å². The first-order chi connectivity index (χ1) is 9.37. The Hall–Kier alpha value is -1.11. The Kier molecular flexibility index (Phi) is 4.67. The van der Waals surface area contributed by atoms with Crippen LogP contribution in [0.5, 0.6) is 0 Å². The zero-order valence-corrected chi connectivity index (χ0v) is 12.9. The highest BCUT2D eigenvalue weighted by Crippen LogP contribution is 2.21. The largest absolute Gasteiger partial charge is 0.399 e. The second kappa shape index (κ2) is 6.11. The van der Waals surface area contributed by atoms with Crippen molar-refractivity contribution in [1.82, 2.24) is 9.84 Å². The predicted octanol–water partition coefficient (Wildman–Crippen LogP) is 1.87. The van der Waals surface area contributed by atoms with Crippen LogP contribution in [0, 0.1) is 0 Å². The lowest BCUT2D eigenvalue weighted by Gasteiger charge is -2.38. The van der Waals surface area contributed by atoms with Gasteiger partial charge in [0, 0.05) is 17.8 Å². The fourth-order valence-electron chi connectivity index (χ4n) is 2.70. The molecule has 1 aliphatic rings. The highest BCUT2D eigenvalue weighted by molar-refractivity contribution is 7.88. The van der Waals surface area contributed by atoms with Gasteiger partial charge in [-0.25, -0.2) is 13.4 Å². The van der Waals surface area contributed by atoms with E-state index in [1.807, 2.05) is 5.01 Å². The Balaban J connectivity index is 2.07. The summed E-state index contributed by atoms with van der Waals surface area (Å²) in [6.07, 6.45) is 3.19. The second-order valence-corrected chi connectivity index (χ2v) is 7.33. The molecule has 1 saturated heterocycles. The van der Waals surface area contributed by atoms with E-state index in [-0.39, 0.29) is 17.8 Å². The zero-order chi connectivity index (χ0) is 14.8. The molecule has 0 spiro atoms. The fraction of sp³-hybridized carbons (Fsp3) is 0.571. The zero-order valence-electron chi connectivity index (χ0n) is 12.0. The van der Waals surface area contributed by atoms with E-state index in [0.717, 1.165) is 19.3 Å². The molecule has 0 aromatic heterocycles. The molecule has 0 aliphatic carbocycles. The molecule has 20 heavy (non-hydrogen) atoms. The molecule has 1 heterocycles. The van der Waals surface area contributed by atoms with Crippen LogP contribution in [0.4, 0.5) is 5.69 Å². The normalized spacial score (nSPS) is 24.7. The molecule has 2 unspecified atom stereocenters. The van der Waals surface area contributed by atoms with E-state index >= 15 is 0 Å². The first-order valence-electron chi connectivity index (χ1n) is 7.00. The lowest BCUT2D eigenvalue weighted by molar-refractivity contribution is 0.0790. The van der Waals surface area contributed by atoms with E-state index in [0.29, 0.717) is 11.3 Å². The first-order valence-corrected chi connectivity index (χ1v) is 8.65. The van der Waals surface area contributed by atoms with Crippen molar-refractivity contribution in [3.63, 3.8) is 0 Å². The minimum absolute atomic E-state index is 0.0476. The molecule has 0 radical (unpaired) electrons. The van der Waals surface area contributed by atoms with Gasteiger partial charge in [0.15, 0.2) is 0 Å². The van der Waals surface area contributed by atoms with Crippen LogP contribution in [0.2, 0.25) is 0 Å². The molecule has 2 atom stereocenters. The molecule has 0 amide bonds. The fourth-order valence-corrected chi connectivity index (χ4v) is 4.06. The number of rotatable bonds is 4. The average molecular weight is 297 g/mol. The van der Waals surface area contributed by atoms with Crippen molar-refractivity contribution in [2.75, 3.05) is 5.73 Å². The Morgan fingerprint density at radius 3 is 2.55 bits per heavy atom. The third kappa shape index (κ3) is 3.94. The number of nitrogen functional groups attached to an aromatic ring is 1. The molecule has 2 rings (SSSR count). The van der Waals surface area contributed by atoms with Crippen molar-refractivity contribution >= 4 is 15.7 Å². The van der Waals surface area contributed by atoms with Crippen LogP contribution in [0.25, 0.3) is 0 Å². The quantitative estimate of drug-likeness (QED) is 0.832. The Morgan fingerprint density at radius 1 is 1.30 bits per heavy atom.